The van der Waals surface area contributed by atoms with Crippen LogP contribution in [0.25, 0.3) is 0 Å². The van der Waals surface area contributed by atoms with Crippen molar-refractivity contribution in [2.45, 2.75) is 19.9 Å². The van der Waals surface area contributed by atoms with Gasteiger partial charge in [-0.3, -0.25) is 4.98 Å². The largest absolute Gasteiger partial charge is 0.492 e. The molecule has 1 N–H and O–H groups in total. The second-order valence-corrected chi connectivity index (χ2v) is 6.34. The molecule has 5 heteroatoms. The number of urea groups is 1. The highest BCUT2D eigenvalue weighted by Crippen LogP contribution is 2.24. The predicted octanol–water partition coefficient (Wildman–Crippen LogP) is 4.76. The van der Waals surface area contributed by atoms with Crippen molar-refractivity contribution in [2.75, 3.05) is 18.5 Å². The maximum atomic E-state index is 13.0. The van der Waals surface area contributed by atoms with Crippen molar-refractivity contribution in [3.05, 3.63) is 90.3 Å². The van der Waals surface area contributed by atoms with Gasteiger partial charge in [0.25, 0.3) is 0 Å². The summed E-state index contributed by atoms with van der Waals surface area (Å²) in [6.45, 7) is 3.49. The first-order valence-electron chi connectivity index (χ1n) is 9.48. The number of nitrogens with one attached hydrogen (secondary N) is 1. The average molecular weight is 375 g/mol. The average Bonchev–Trinajstić information content (AvgIpc) is 2.74. The van der Waals surface area contributed by atoms with Gasteiger partial charge in [-0.05, 0) is 43.2 Å². The summed E-state index contributed by atoms with van der Waals surface area (Å²) in [5, 5.41) is 2.99. The first-order chi connectivity index (χ1) is 13.8. The Kier molecular flexibility index (Phi) is 7.01. The Bertz CT molecular complexity index is 869. The Morgan fingerprint density at radius 1 is 1.00 bits per heavy atom. The monoisotopic (exact) mass is 375 g/mol. The fraction of sp³-hybridized carbons (Fsp3) is 0.217. The molecule has 3 rings (SSSR count). The Balaban J connectivity index is 1.74. The lowest BCUT2D eigenvalue weighted by Crippen LogP contribution is -2.36. The van der Waals surface area contributed by atoms with Crippen LogP contribution >= 0.6 is 0 Å². The number of hydrogen-bond donors (Lipinski definition) is 1. The molecule has 5 nitrogen and oxygen atoms in total. The highest BCUT2D eigenvalue weighted by molar-refractivity contribution is 5.91. The van der Waals surface area contributed by atoms with E-state index in [1.807, 2.05) is 67.6 Å². The molecule has 0 radical (unpaired) electrons. The first kappa shape index (κ1) is 19.4. The summed E-state index contributed by atoms with van der Waals surface area (Å²) in [7, 11) is 0. The number of carbonyl (C=O) groups excluding carboxylic acids is 1. The van der Waals surface area contributed by atoms with Crippen LogP contribution in [0.15, 0.2) is 79.0 Å². The van der Waals surface area contributed by atoms with E-state index in [9.17, 15) is 4.79 Å². The number of carbonyl (C=O) groups is 1. The van der Waals surface area contributed by atoms with Gasteiger partial charge in [-0.1, -0.05) is 48.5 Å². The molecule has 144 valence electrons. The van der Waals surface area contributed by atoms with Crippen molar-refractivity contribution in [1.29, 1.82) is 0 Å². The Morgan fingerprint density at radius 3 is 2.50 bits per heavy atom. The Morgan fingerprint density at radius 2 is 1.75 bits per heavy atom. The standard InChI is InChI=1S/C23H25N3O2/c1-2-28-22-14-7-6-13-21(22)25-23(27)26(18-20-12-8-9-16-24-20)17-15-19-10-4-3-5-11-19/h3-14,16H,2,15,17-18H2,1H3,(H,25,27). The smallest absolute Gasteiger partial charge is 0.322 e. The molecule has 0 saturated carbocycles. The molecule has 0 unspecified atom stereocenters. The zero-order chi connectivity index (χ0) is 19.6. The minimum absolute atomic E-state index is 0.172. The molecule has 0 bridgehead atoms. The normalized spacial score (nSPS) is 10.3. The lowest BCUT2D eigenvalue weighted by atomic mass is 10.1. The molecule has 0 atom stereocenters. The van der Waals surface area contributed by atoms with E-state index in [1.54, 1.807) is 11.1 Å². The summed E-state index contributed by atoms with van der Waals surface area (Å²) < 4.78 is 5.62. The molecular formula is C23H25N3O2. The van der Waals surface area contributed by atoms with E-state index in [0.29, 0.717) is 31.1 Å². The van der Waals surface area contributed by atoms with E-state index in [1.165, 1.54) is 5.56 Å². The fourth-order valence-electron chi connectivity index (χ4n) is 2.89. The number of pyridine rings is 1. The van der Waals surface area contributed by atoms with Gasteiger partial charge in [0.2, 0.25) is 0 Å². The fourth-order valence-corrected chi connectivity index (χ4v) is 2.89. The molecule has 0 aliphatic carbocycles. The number of para-hydroxylation sites is 2. The van der Waals surface area contributed by atoms with Crippen LogP contribution in [0.1, 0.15) is 18.2 Å². The van der Waals surface area contributed by atoms with Crippen LogP contribution in [-0.2, 0) is 13.0 Å². The molecule has 1 aromatic heterocycles. The van der Waals surface area contributed by atoms with Gasteiger partial charge in [0.15, 0.2) is 0 Å². The van der Waals surface area contributed by atoms with Gasteiger partial charge in [0.1, 0.15) is 5.75 Å². The molecule has 0 fully saturated rings. The van der Waals surface area contributed by atoms with E-state index in [-0.39, 0.29) is 6.03 Å². The summed E-state index contributed by atoms with van der Waals surface area (Å²) in [4.78, 5) is 19.2. The van der Waals surface area contributed by atoms with E-state index in [2.05, 4.69) is 22.4 Å². The van der Waals surface area contributed by atoms with Crippen LogP contribution in [0.3, 0.4) is 0 Å². The van der Waals surface area contributed by atoms with Crippen LogP contribution in [0.2, 0.25) is 0 Å². The van der Waals surface area contributed by atoms with Gasteiger partial charge in [-0.15, -0.1) is 0 Å². The number of hydrogen-bond acceptors (Lipinski definition) is 3. The molecule has 0 saturated heterocycles. The van der Waals surface area contributed by atoms with Crippen LogP contribution in [0, 0.1) is 0 Å². The van der Waals surface area contributed by atoms with Gasteiger partial charge in [0.05, 0.1) is 24.5 Å². The van der Waals surface area contributed by atoms with E-state index in [4.69, 9.17) is 4.74 Å². The van der Waals surface area contributed by atoms with E-state index >= 15 is 0 Å². The summed E-state index contributed by atoms with van der Waals surface area (Å²) in [5.41, 5.74) is 2.71. The number of rotatable bonds is 8. The summed E-state index contributed by atoms with van der Waals surface area (Å²) >= 11 is 0. The molecule has 0 spiro atoms. The molecule has 3 aromatic rings. The minimum Gasteiger partial charge on any atom is -0.492 e. The SMILES string of the molecule is CCOc1ccccc1NC(=O)N(CCc1ccccc1)Cc1ccccn1. The molecule has 28 heavy (non-hydrogen) atoms. The van der Waals surface area contributed by atoms with Gasteiger partial charge >= 0.3 is 6.03 Å². The lowest BCUT2D eigenvalue weighted by Gasteiger charge is -2.23. The third-order valence-electron chi connectivity index (χ3n) is 4.31. The van der Waals surface area contributed by atoms with Crippen molar-refractivity contribution >= 4 is 11.7 Å². The molecule has 0 aliphatic rings. The number of aromatic nitrogens is 1. The van der Waals surface area contributed by atoms with Crippen molar-refractivity contribution in [1.82, 2.24) is 9.88 Å². The molecule has 0 aliphatic heterocycles. The first-order valence-corrected chi connectivity index (χ1v) is 9.48. The molecule has 2 amide bonds. The van der Waals surface area contributed by atoms with Crippen molar-refractivity contribution in [2.24, 2.45) is 0 Å². The second-order valence-electron chi connectivity index (χ2n) is 6.34. The number of amides is 2. The van der Waals surface area contributed by atoms with Gasteiger partial charge in [-0.2, -0.15) is 0 Å². The van der Waals surface area contributed by atoms with Crippen LogP contribution in [0.5, 0.6) is 5.75 Å². The number of nitrogens with zero attached hydrogens (tertiary/aromatic N) is 2. The highest BCUT2D eigenvalue weighted by Gasteiger charge is 2.16. The maximum Gasteiger partial charge on any atom is 0.322 e. The number of anilines is 1. The van der Waals surface area contributed by atoms with Crippen LogP contribution in [0.4, 0.5) is 10.5 Å². The van der Waals surface area contributed by atoms with E-state index < -0.39 is 0 Å². The molecule has 2 aromatic carbocycles. The van der Waals surface area contributed by atoms with Crippen molar-refractivity contribution in [3.8, 4) is 5.75 Å². The maximum absolute atomic E-state index is 13.0. The second kappa shape index (κ2) is 10.1. The Labute approximate surface area is 166 Å². The summed E-state index contributed by atoms with van der Waals surface area (Å²) in [6, 6.07) is 23.2. The van der Waals surface area contributed by atoms with E-state index in [0.717, 1.165) is 12.1 Å². The number of ether oxygens (including phenoxy) is 1. The minimum atomic E-state index is -0.172. The quantitative estimate of drug-likeness (QED) is 0.618. The Hall–Kier alpha value is -3.34. The van der Waals surface area contributed by atoms with Crippen LogP contribution < -0.4 is 10.1 Å². The third kappa shape index (κ3) is 5.58. The molecule has 1 heterocycles. The predicted molar refractivity (Wildman–Crippen MR) is 111 cm³/mol. The lowest BCUT2D eigenvalue weighted by molar-refractivity contribution is 0.209. The summed E-state index contributed by atoms with van der Waals surface area (Å²) in [5.74, 6) is 0.666. The third-order valence-corrected chi connectivity index (χ3v) is 4.31. The summed E-state index contributed by atoms with van der Waals surface area (Å²) in [6.07, 6.45) is 2.52. The van der Waals surface area contributed by atoms with Gasteiger partial charge in [0, 0.05) is 12.7 Å². The molecular weight excluding hydrogens is 350 g/mol. The van der Waals surface area contributed by atoms with Crippen molar-refractivity contribution in [3.63, 3.8) is 0 Å². The van der Waals surface area contributed by atoms with Crippen molar-refractivity contribution < 1.29 is 9.53 Å². The topological polar surface area (TPSA) is 54.5 Å². The van der Waals surface area contributed by atoms with Gasteiger partial charge < -0.3 is 15.0 Å². The van der Waals surface area contributed by atoms with Crippen LogP contribution in [-0.4, -0.2) is 29.1 Å². The zero-order valence-corrected chi connectivity index (χ0v) is 16.0. The highest BCUT2D eigenvalue weighted by atomic mass is 16.5. The zero-order valence-electron chi connectivity index (χ0n) is 16.0. The van der Waals surface area contributed by atoms with Gasteiger partial charge in [-0.25, -0.2) is 4.79 Å². The number of benzene rings is 2.